The van der Waals surface area contributed by atoms with Gasteiger partial charge in [0.1, 0.15) is 5.82 Å². The molecule has 0 radical (unpaired) electrons. The van der Waals surface area contributed by atoms with E-state index < -0.39 is 21.8 Å². The molecule has 1 aliphatic rings. The van der Waals surface area contributed by atoms with E-state index >= 15 is 0 Å². The summed E-state index contributed by atoms with van der Waals surface area (Å²) in [6.45, 7) is 2.49. The van der Waals surface area contributed by atoms with Gasteiger partial charge in [-0.3, -0.25) is 4.79 Å². The van der Waals surface area contributed by atoms with Gasteiger partial charge in [-0.1, -0.05) is 17.7 Å². The van der Waals surface area contributed by atoms with Gasteiger partial charge in [0.25, 0.3) is 0 Å². The minimum absolute atomic E-state index is 0.104. The fourth-order valence-corrected chi connectivity index (χ4v) is 4.15. The van der Waals surface area contributed by atoms with E-state index in [-0.39, 0.29) is 27.6 Å². The number of halogens is 4. The molecule has 1 aromatic carbocycles. The van der Waals surface area contributed by atoms with Crippen LogP contribution in [0, 0.1) is 12.8 Å². The van der Waals surface area contributed by atoms with Crippen LogP contribution in [0.4, 0.5) is 24.7 Å². The van der Waals surface area contributed by atoms with E-state index in [4.69, 9.17) is 16.7 Å². The molecule has 0 spiro atoms. The molecule has 12 heteroatoms. The molecule has 1 saturated heterocycles. The topological polar surface area (TPSA) is 105 Å². The average Bonchev–Trinajstić information content (AvgIpc) is 2.68. The molecule has 0 bridgehead atoms. The van der Waals surface area contributed by atoms with Crippen LogP contribution in [0.15, 0.2) is 35.4 Å². The molecule has 0 saturated carbocycles. The first-order valence-electron chi connectivity index (χ1n) is 9.28. The van der Waals surface area contributed by atoms with E-state index in [1.807, 2.05) is 0 Å². The highest BCUT2D eigenvalue weighted by Crippen LogP contribution is 2.35. The summed E-state index contributed by atoms with van der Waals surface area (Å²) < 4.78 is 61.4. The van der Waals surface area contributed by atoms with Crippen molar-refractivity contribution in [3.63, 3.8) is 0 Å². The van der Waals surface area contributed by atoms with E-state index in [9.17, 15) is 26.4 Å². The highest BCUT2D eigenvalue weighted by molar-refractivity contribution is 7.89. The second-order valence-corrected chi connectivity index (χ2v) is 9.27. The van der Waals surface area contributed by atoms with Crippen LogP contribution in [0.2, 0.25) is 5.02 Å². The number of alkyl halides is 3. The summed E-state index contributed by atoms with van der Waals surface area (Å²) in [5.41, 5.74) is 0.109. The first-order chi connectivity index (χ1) is 14.4. The number of primary sulfonamides is 1. The third kappa shape index (κ3) is 5.46. The fourth-order valence-electron chi connectivity index (χ4n) is 3.32. The number of aryl methyl sites for hydroxylation is 1. The number of amides is 1. The molecular formula is C19H20ClF3N4O3S. The van der Waals surface area contributed by atoms with Crippen molar-refractivity contribution in [2.24, 2.45) is 11.1 Å². The van der Waals surface area contributed by atoms with Crippen molar-refractivity contribution >= 4 is 39.0 Å². The van der Waals surface area contributed by atoms with Crippen molar-refractivity contribution in [1.29, 1.82) is 0 Å². The van der Waals surface area contributed by atoms with Crippen molar-refractivity contribution in [1.82, 2.24) is 4.98 Å². The van der Waals surface area contributed by atoms with Gasteiger partial charge < -0.3 is 10.2 Å². The average molecular weight is 477 g/mol. The predicted octanol–water partition coefficient (Wildman–Crippen LogP) is 3.56. The standard InChI is InChI=1S/C19H20ClF3N4O3S/c1-11-2-3-14(31(24,29)30)9-16(11)26-18(28)12-4-6-27(7-5-12)17-15(20)8-13(10-25-17)19(21,22)23/h2-3,8-10,12H,4-7H2,1H3,(H,26,28)(H2,24,29,30). The van der Waals surface area contributed by atoms with Gasteiger partial charge in [-0.2, -0.15) is 13.2 Å². The Labute approximate surface area is 182 Å². The molecule has 1 fully saturated rings. The van der Waals surface area contributed by atoms with Crippen molar-refractivity contribution in [2.75, 3.05) is 23.3 Å². The number of piperidine rings is 1. The van der Waals surface area contributed by atoms with Crippen LogP contribution in [-0.2, 0) is 21.0 Å². The summed E-state index contributed by atoms with van der Waals surface area (Å²) in [6.07, 6.45) is -2.93. The molecule has 3 rings (SSSR count). The molecule has 0 atom stereocenters. The maximum atomic E-state index is 12.8. The number of carbonyl (C=O) groups excluding carboxylic acids is 1. The Bertz CT molecular complexity index is 1100. The van der Waals surface area contributed by atoms with Crippen LogP contribution in [0.1, 0.15) is 24.0 Å². The highest BCUT2D eigenvalue weighted by Gasteiger charge is 2.33. The lowest BCUT2D eigenvalue weighted by molar-refractivity contribution is -0.137. The number of nitrogens with zero attached hydrogens (tertiary/aromatic N) is 2. The number of anilines is 2. The zero-order valence-electron chi connectivity index (χ0n) is 16.4. The summed E-state index contributed by atoms with van der Waals surface area (Å²) in [7, 11) is -3.90. The van der Waals surface area contributed by atoms with Gasteiger partial charge in [0.15, 0.2) is 0 Å². The molecule has 1 aromatic heterocycles. The fraction of sp³-hybridized carbons (Fsp3) is 0.368. The predicted molar refractivity (Wildman–Crippen MR) is 110 cm³/mol. The summed E-state index contributed by atoms with van der Waals surface area (Å²) in [5, 5.41) is 7.77. The largest absolute Gasteiger partial charge is 0.417 e. The van der Waals surface area contributed by atoms with Crippen LogP contribution in [0.3, 0.4) is 0 Å². The Morgan fingerprint density at radius 1 is 1.26 bits per heavy atom. The number of hydrogen-bond acceptors (Lipinski definition) is 5. The SMILES string of the molecule is Cc1ccc(S(N)(=O)=O)cc1NC(=O)C1CCN(c2ncc(C(F)(F)F)cc2Cl)CC1. The molecule has 2 aromatic rings. The number of pyridine rings is 1. The van der Waals surface area contributed by atoms with E-state index in [1.54, 1.807) is 17.9 Å². The first kappa shape index (κ1) is 23.3. The van der Waals surface area contributed by atoms with Crippen molar-refractivity contribution < 1.29 is 26.4 Å². The molecule has 7 nitrogen and oxygen atoms in total. The van der Waals surface area contributed by atoms with E-state index in [0.717, 1.165) is 12.3 Å². The Morgan fingerprint density at radius 2 is 1.90 bits per heavy atom. The maximum absolute atomic E-state index is 12.8. The van der Waals surface area contributed by atoms with Gasteiger partial charge in [0, 0.05) is 30.9 Å². The molecular weight excluding hydrogens is 457 g/mol. The number of nitrogens with two attached hydrogens (primary N) is 1. The number of sulfonamides is 1. The minimum Gasteiger partial charge on any atom is -0.355 e. The van der Waals surface area contributed by atoms with Crippen LogP contribution in [-0.4, -0.2) is 32.4 Å². The number of nitrogens with one attached hydrogen (secondary N) is 1. The lowest BCUT2D eigenvalue weighted by atomic mass is 9.95. The second-order valence-electron chi connectivity index (χ2n) is 7.30. The van der Waals surface area contributed by atoms with Crippen molar-refractivity contribution in [3.05, 3.63) is 46.6 Å². The van der Waals surface area contributed by atoms with Crippen LogP contribution < -0.4 is 15.4 Å². The normalized spacial score (nSPS) is 15.7. The zero-order valence-corrected chi connectivity index (χ0v) is 18.0. The van der Waals surface area contributed by atoms with Gasteiger partial charge in [-0.15, -0.1) is 0 Å². The third-order valence-corrected chi connectivity index (χ3v) is 6.30. The molecule has 0 aliphatic carbocycles. The number of aromatic nitrogens is 1. The lowest BCUT2D eigenvalue weighted by Crippen LogP contribution is -2.38. The summed E-state index contributed by atoms with van der Waals surface area (Å²) in [6, 6.07) is 5.06. The van der Waals surface area contributed by atoms with Crippen LogP contribution >= 0.6 is 11.6 Å². The molecule has 168 valence electrons. The van der Waals surface area contributed by atoms with Gasteiger partial charge in [0.05, 0.1) is 15.5 Å². The van der Waals surface area contributed by atoms with E-state index in [0.29, 0.717) is 37.2 Å². The summed E-state index contributed by atoms with van der Waals surface area (Å²) in [4.78, 5) is 18.2. The van der Waals surface area contributed by atoms with Crippen molar-refractivity contribution in [2.45, 2.75) is 30.8 Å². The number of benzene rings is 1. The smallest absolute Gasteiger partial charge is 0.355 e. The monoisotopic (exact) mass is 476 g/mol. The minimum atomic E-state index is -4.53. The molecule has 2 heterocycles. The Hall–Kier alpha value is -2.37. The Balaban J connectivity index is 1.66. The van der Waals surface area contributed by atoms with Crippen LogP contribution in [0.5, 0.6) is 0 Å². The quantitative estimate of drug-likeness (QED) is 0.702. The molecule has 3 N–H and O–H groups in total. The van der Waals surface area contributed by atoms with Gasteiger partial charge in [-0.25, -0.2) is 18.5 Å². The summed E-state index contributed by atoms with van der Waals surface area (Å²) >= 11 is 6.00. The number of carbonyl (C=O) groups is 1. The van der Waals surface area contributed by atoms with Crippen molar-refractivity contribution in [3.8, 4) is 0 Å². The number of hydrogen-bond donors (Lipinski definition) is 2. The maximum Gasteiger partial charge on any atom is 0.417 e. The molecule has 0 unspecified atom stereocenters. The molecule has 1 amide bonds. The van der Waals surface area contributed by atoms with E-state index in [2.05, 4.69) is 10.3 Å². The molecule has 31 heavy (non-hydrogen) atoms. The lowest BCUT2D eigenvalue weighted by Gasteiger charge is -2.32. The van der Waals surface area contributed by atoms with Crippen LogP contribution in [0.25, 0.3) is 0 Å². The summed E-state index contributed by atoms with van der Waals surface area (Å²) in [5.74, 6) is -0.395. The Morgan fingerprint density at radius 3 is 2.45 bits per heavy atom. The first-order valence-corrected chi connectivity index (χ1v) is 11.2. The van der Waals surface area contributed by atoms with Gasteiger partial charge >= 0.3 is 6.18 Å². The molecule has 1 aliphatic heterocycles. The second kappa shape index (κ2) is 8.64. The highest BCUT2D eigenvalue weighted by atomic mass is 35.5. The Kier molecular flexibility index (Phi) is 6.49. The zero-order chi connectivity index (χ0) is 23.0. The van der Waals surface area contributed by atoms with Gasteiger partial charge in [-0.05, 0) is 43.5 Å². The number of rotatable bonds is 4. The third-order valence-electron chi connectivity index (χ3n) is 5.11. The van der Waals surface area contributed by atoms with E-state index in [1.165, 1.54) is 12.1 Å². The van der Waals surface area contributed by atoms with Gasteiger partial charge in [0.2, 0.25) is 15.9 Å².